The first kappa shape index (κ1) is 9.43. The number of Topliss-reactive ketones (excluding diaryl/α,β-unsaturated/α-hetero) is 2. The molecule has 0 N–H and O–H groups in total. The molecule has 1 aliphatic carbocycles. The standard InChI is InChI=1S/C10H16O2/c1-7(2)8-5-3-4-6-9(11)10(8)12/h7-8H,3-6H2,1-2H3. The fraction of sp³-hybridized carbons (Fsp3) is 0.800. The second-order valence-electron chi connectivity index (χ2n) is 3.88. The zero-order valence-electron chi connectivity index (χ0n) is 7.80. The minimum absolute atomic E-state index is 0.000000000000000222. The summed E-state index contributed by atoms with van der Waals surface area (Å²) in [7, 11) is 0. The van der Waals surface area contributed by atoms with Gasteiger partial charge in [-0.15, -0.1) is 0 Å². The lowest BCUT2D eigenvalue weighted by Gasteiger charge is -2.15. The molecule has 2 nitrogen and oxygen atoms in total. The lowest BCUT2D eigenvalue weighted by Crippen LogP contribution is -2.25. The third-order valence-corrected chi connectivity index (χ3v) is 2.59. The number of ketones is 2. The Morgan fingerprint density at radius 2 is 1.92 bits per heavy atom. The first-order chi connectivity index (χ1) is 5.63. The molecule has 12 heavy (non-hydrogen) atoms. The van der Waals surface area contributed by atoms with Crippen molar-refractivity contribution in [1.29, 1.82) is 0 Å². The average molecular weight is 168 g/mol. The highest BCUT2D eigenvalue weighted by Crippen LogP contribution is 2.24. The van der Waals surface area contributed by atoms with Crippen LogP contribution in [0.3, 0.4) is 0 Å². The molecule has 1 fully saturated rings. The SMILES string of the molecule is CC(C)C1CCCCC(=O)C1=O. The minimum Gasteiger partial charge on any atom is -0.291 e. The summed E-state index contributed by atoms with van der Waals surface area (Å²) in [6.07, 6.45) is 3.30. The molecule has 0 radical (unpaired) electrons. The minimum atomic E-state index is -0.147. The maximum atomic E-state index is 11.4. The molecule has 0 saturated heterocycles. The number of hydrogen-bond donors (Lipinski definition) is 0. The van der Waals surface area contributed by atoms with Gasteiger partial charge < -0.3 is 0 Å². The maximum absolute atomic E-state index is 11.4. The summed E-state index contributed by atoms with van der Waals surface area (Å²) in [4.78, 5) is 22.6. The van der Waals surface area contributed by atoms with Gasteiger partial charge in [0.25, 0.3) is 0 Å². The van der Waals surface area contributed by atoms with Gasteiger partial charge in [0.1, 0.15) is 0 Å². The Morgan fingerprint density at radius 1 is 1.25 bits per heavy atom. The molecular formula is C10H16O2. The molecule has 1 saturated carbocycles. The molecule has 0 aliphatic heterocycles. The Hall–Kier alpha value is -0.660. The summed E-state index contributed by atoms with van der Waals surface area (Å²) < 4.78 is 0. The van der Waals surface area contributed by atoms with Crippen LogP contribution in [-0.2, 0) is 9.59 Å². The van der Waals surface area contributed by atoms with Crippen molar-refractivity contribution in [3.8, 4) is 0 Å². The lowest BCUT2D eigenvalue weighted by atomic mass is 9.87. The molecule has 0 bridgehead atoms. The number of carbonyl (C=O) groups is 2. The van der Waals surface area contributed by atoms with E-state index in [-0.39, 0.29) is 17.5 Å². The summed E-state index contributed by atoms with van der Waals surface area (Å²) in [6, 6.07) is 0. The van der Waals surface area contributed by atoms with Crippen molar-refractivity contribution in [2.24, 2.45) is 11.8 Å². The smallest absolute Gasteiger partial charge is 0.201 e. The molecule has 1 unspecified atom stereocenters. The van der Waals surface area contributed by atoms with Crippen LogP contribution in [-0.4, -0.2) is 11.6 Å². The van der Waals surface area contributed by atoms with Gasteiger partial charge in [0.05, 0.1) is 0 Å². The fourth-order valence-corrected chi connectivity index (χ4v) is 1.75. The van der Waals surface area contributed by atoms with Crippen molar-refractivity contribution < 1.29 is 9.59 Å². The van der Waals surface area contributed by atoms with Gasteiger partial charge in [-0.1, -0.05) is 20.3 Å². The van der Waals surface area contributed by atoms with Crippen LogP contribution in [0.25, 0.3) is 0 Å². The van der Waals surface area contributed by atoms with Crippen molar-refractivity contribution >= 4 is 11.6 Å². The van der Waals surface area contributed by atoms with Gasteiger partial charge in [0.2, 0.25) is 5.78 Å². The molecule has 2 heteroatoms. The Balaban J connectivity index is 2.71. The van der Waals surface area contributed by atoms with Gasteiger partial charge in [0, 0.05) is 12.3 Å². The third-order valence-electron chi connectivity index (χ3n) is 2.59. The van der Waals surface area contributed by atoms with Gasteiger partial charge in [-0.3, -0.25) is 9.59 Å². The Morgan fingerprint density at radius 3 is 2.50 bits per heavy atom. The van der Waals surface area contributed by atoms with E-state index < -0.39 is 0 Å². The van der Waals surface area contributed by atoms with E-state index in [2.05, 4.69) is 0 Å². The first-order valence-corrected chi connectivity index (χ1v) is 4.70. The topological polar surface area (TPSA) is 34.1 Å². The quantitative estimate of drug-likeness (QED) is 0.443. The summed E-state index contributed by atoms with van der Waals surface area (Å²) in [5.41, 5.74) is 0. The Bertz CT molecular complexity index is 194. The third kappa shape index (κ3) is 1.93. The highest BCUT2D eigenvalue weighted by Gasteiger charge is 2.29. The van der Waals surface area contributed by atoms with Crippen molar-refractivity contribution in [3.63, 3.8) is 0 Å². The van der Waals surface area contributed by atoms with Crippen molar-refractivity contribution in [3.05, 3.63) is 0 Å². The van der Waals surface area contributed by atoms with Gasteiger partial charge >= 0.3 is 0 Å². The molecular weight excluding hydrogens is 152 g/mol. The van der Waals surface area contributed by atoms with Crippen molar-refractivity contribution in [2.45, 2.75) is 39.5 Å². The summed E-state index contributed by atoms with van der Waals surface area (Å²) in [5, 5.41) is 0. The van der Waals surface area contributed by atoms with Crippen molar-refractivity contribution in [2.75, 3.05) is 0 Å². The summed E-state index contributed by atoms with van der Waals surface area (Å²) in [6.45, 7) is 4.03. The van der Waals surface area contributed by atoms with E-state index in [9.17, 15) is 9.59 Å². The molecule has 68 valence electrons. The van der Waals surface area contributed by atoms with Gasteiger partial charge in [0.15, 0.2) is 5.78 Å². The zero-order valence-corrected chi connectivity index (χ0v) is 7.80. The Kier molecular flexibility index (Phi) is 3.01. The zero-order chi connectivity index (χ0) is 9.14. The van der Waals surface area contributed by atoms with Crippen LogP contribution in [0.15, 0.2) is 0 Å². The van der Waals surface area contributed by atoms with Gasteiger partial charge in [-0.05, 0) is 18.8 Å². The van der Waals surface area contributed by atoms with Crippen molar-refractivity contribution in [1.82, 2.24) is 0 Å². The van der Waals surface area contributed by atoms with E-state index in [1.807, 2.05) is 13.8 Å². The second kappa shape index (κ2) is 3.83. The number of carbonyl (C=O) groups excluding carboxylic acids is 2. The molecule has 0 aromatic rings. The maximum Gasteiger partial charge on any atom is 0.201 e. The molecule has 1 atom stereocenters. The summed E-state index contributed by atoms with van der Waals surface area (Å²) >= 11 is 0. The van der Waals surface area contributed by atoms with E-state index in [1.54, 1.807) is 0 Å². The number of hydrogen-bond acceptors (Lipinski definition) is 2. The second-order valence-corrected chi connectivity index (χ2v) is 3.88. The van der Waals surface area contributed by atoms with Crippen LogP contribution >= 0.6 is 0 Å². The predicted molar refractivity (Wildman–Crippen MR) is 46.8 cm³/mol. The molecule has 0 spiro atoms. The molecule has 0 amide bonds. The molecule has 0 heterocycles. The normalized spacial score (nSPS) is 26.1. The summed E-state index contributed by atoms with van der Waals surface area (Å²) in [5.74, 6) is 0.0493. The van der Waals surface area contributed by atoms with Crippen LogP contribution in [0.5, 0.6) is 0 Å². The van der Waals surface area contributed by atoms with E-state index in [4.69, 9.17) is 0 Å². The van der Waals surface area contributed by atoms with Crippen LogP contribution < -0.4 is 0 Å². The molecule has 0 aromatic carbocycles. The molecule has 0 aromatic heterocycles. The first-order valence-electron chi connectivity index (χ1n) is 4.70. The van der Waals surface area contributed by atoms with Crippen LogP contribution in [0, 0.1) is 11.8 Å². The van der Waals surface area contributed by atoms with Gasteiger partial charge in [-0.2, -0.15) is 0 Å². The van der Waals surface area contributed by atoms with Crippen LogP contribution in [0.1, 0.15) is 39.5 Å². The highest BCUT2D eigenvalue weighted by atomic mass is 16.2. The van der Waals surface area contributed by atoms with E-state index in [0.29, 0.717) is 12.3 Å². The Labute approximate surface area is 73.3 Å². The average Bonchev–Trinajstić information content (AvgIpc) is 2.15. The van der Waals surface area contributed by atoms with E-state index in [0.717, 1.165) is 19.3 Å². The van der Waals surface area contributed by atoms with Gasteiger partial charge in [-0.25, -0.2) is 0 Å². The lowest BCUT2D eigenvalue weighted by molar-refractivity contribution is -0.139. The highest BCUT2D eigenvalue weighted by molar-refractivity contribution is 6.38. The monoisotopic (exact) mass is 168 g/mol. The van der Waals surface area contributed by atoms with E-state index >= 15 is 0 Å². The van der Waals surface area contributed by atoms with E-state index in [1.165, 1.54) is 0 Å². The largest absolute Gasteiger partial charge is 0.291 e. The van der Waals surface area contributed by atoms with Crippen LogP contribution in [0.2, 0.25) is 0 Å². The molecule has 1 rings (SSSR count). The predicted octanol–water partition coefficient (Wildman–Crippen LogP) is 1.97. The number of rotatable bonds is 1. The molecule has 1 aliphatic rings. The van der Waals surface area contributed by atoms with Crippen LogP contribution in [0.4, 0.5) is 0 Å². The fourth-order valence-electron chi connectivity index (χ4n) is 1.75.